The largest absolute Gasteiger partial charge is 0.497 e. The van der Waals surface area contributed by atoms with Crippen molar-refractivity contribution in [3.05, 3.63) is 30.0 Å². The zero-order valence-corrected chi connectivity index (χ0v) is 12.0. The maximum absolute atomic E-state index is 11.4. The molecular weight excluding hydrogens is 260 g/mol. The van der Waals surface area contributed by atoms with Gasteiger partial charge < -0.3 is 15.0 Å². The van der Waals surface area contributed by atoms with Gasteiger partial charge in [-0.1, -0.05) is 0 Å². The molecule has 1 amide bonds. The highest BCUT2D eigenvalue weighted by molar-refractivity contribution is 7.99. The second kappa shape index (κ2) is 6.52. The van der Waals surface area contributed by atoms with Gasteiger partial charge in [-0.25, -0.2) is 0 Å². The van der Waals surface area contributed by atoms with E-state index in [0.717, 1.165) is 23.1 Å². The first-order valence-electron chi connectivity index (χ1n) is 6.14. The van der Waals surface area contributed by atoms with Crippen molar-refractivity contribution >= 4 is 28.6 Å². The number of H-pyrrole nitrogens is 1. The SMILES string of the molecule is COc1ccc2[nH]cc(CCNC(=O)CSC)c2c1. The van der Waals surface area contributed by atoms with Gasteiger partial charge in [0.1, 0.15) is 5.75 Å². The molecule has 102 valence electrons. The first-order chi connectivity index (χ1) is 9.24. The molecule has 5 heteroatoms. The number of rotatable bonds is 6. The maximum Gasteiger partial charge on any atom is 0.229 e. The van der Waals surface area contributed by atoms with Gasteiger partial charge >= 0.3 is 0 Å². The summed E-state index contributed by atoms with van der Waals surface area (Å²) < 4.78 is 5.23. The second-order valence-electron chi connectivity index (χ2n) is 4.26. The van der Waals surface area contributed by atoms with Crippen LogP contribution in [0.3, 0.4) is 0 Å². The molecular formula is C14H18N2O2S. The zero-order chi connectivity index (χ0) is 13.7. The minimum absolute atomic E-state index is 0.0879. The Hall–Kier alpha value is -1.62. The van der Waals surface area contributed by atoms with Crippen LogP contribution in [0.2, 0.25) is 0 Å². The van der Waals surface area contributed by atoms with Crippen LogP contribution in [0.5, 0.6) is 5.75 Å². The van der Waals surface area contributed by atoms with Crippen LogP contribution in [-0.2, 0) is 11.2 Å². The van der Waals surface area contributed by atoms with Crippen molar-refractivity contribution in [1.82, 2.24) is 10.3 Å². The minimum atomic E-state index is 0.0879. The van der Waals surface area contributed by atoms with Crippen LogP contribution in [0, 0.1) is 0 Å². The van der Waals surface area contributed by atoms with Crippen molar-refractivity contribution in [3.63, 3.8) is 0 Å². The van der Waals surface area contributed by atoms with E-state index >= 15 is 0 Å². The molecule has 1 heterocycles. The summed E-state index contributed by atoms with van der Waals surface area (Å²) in [4.78, 5) is 14.6. The Kier molecular flexibility index (Phi) is 4.74. The van der Waals surface area contributed by atoms with Crippen LogP contribution in [0.4, 0.5) is 0 Å². The quantitative estimate of drug-likeness (QED) is 0.851. The molecule has 0 atom stereocenters. The average Bonchev–Trinajstić information content (AvgIpc) is 2.81. The Labute approximate surface area is 116 Å². The van der Waals surface area contributed by atoms with Crippen LogP contribution in [0.1, 0.15) is 5.56 Å². The molecule has 2 N–H and O–H groups in total. The van der Waals surface area contributed by atoms with Crippen molar-refractivity contribution in [3.8, 4) is 5.75 Å². The lowest BCUT2D eigenvalue weighted by molar-refractivity contribution is -0.118. The summed E-state index contributed by atoms with van der Waals surface area (Å²) in [5.41, 5.74) is 2.28. The second-order valence-corrected chi connectivity index (χ2v) is 5.12. The lowest BCUT2D eigenvalue weighted by Crippen LogP contribution is -2.27. The number of carbonyl (C=O) groups excluding carboxylic acids is 1. The Morgan fingerprint density at radius 2 is 2.32 bits per heavy atom. The third kappa shape index (κ3) is 3.44. The number of benzene rings is 1. The molecule has 0 aliphatic rings. The molecule has 0 aliphatic heterocycles. The summed E-state index contributed by atoms with van der Waals surface area (Å²) in [7, 11) is 1.66. The molecule has 19 heavy (non-hydrogen) atoms. The summed E-state index contributed by atoms with van der Waals surface area (Å²) in [5.74, 6) is 1.45. The van der Waals surface area contributed by atoms with Crippen LogP contribution >= 0.6 is 11.8 Å². The van der Waals surface area contributed by atoms with Gasteiger partial charge in [-0.05, 0) is 36.4 Å². The van der Waals surface area contributed by atoms with Gasteiger partial charge in [0, 0.05) is 23.6 Å². The highest BCUT2D eigenvalue weighted by Crippen LogP contribution is 2.23. The van der Waals surface area contributed by atoms with Crippen molar-refractivity contribution in [2.24, 2.45) is 0 Å². The number of amides is 1. The fourth-order valence-corrected chi connectivity index (χ4v) is 2.37. The van der Waals surface area contributed by atoms with Gasteiger partial charge in [0.2, 0.25) is 5.91 Å². The topological polar surface area (TPSA) is 54.1 Å². The minimum Gasteiger partial charge on any atom is -0.497 e. The van der Waals surface area contributed by atoms with E-state index in [-0.39, 0.29) is 5.91 Å². The molecule has 0 unspecified atom stereocenters. The number of aromatic nitrogens is 1. The molecule has 2 rings (SSSR count). The molecule has 4 nitrogen and oxygen atoms in total. The molecule has 0 spiro atoms. The number of ether oxygens (including phenoxy) is 1. The number of thioether (sulfide) groups is 1. The van der Waals surface area contributed by atoms with E-state index in [0.29, 0.717) is 12.3 Å². The lowest BCUT2D eigenvalue weighted by Gasteiger charge is -2.04. The smallest absolute Gasteiger partial charge is 0.229 e. The third-order valence-electron chi connectivity index (χ3n) is 2.97. The van der Waals surface area contributed by atoms with Gasteiger partial charge in [0.25, 0.3) is 0 Å². The van der Waals surface area contributed by atoms with Crippen LogP contribution in [-0.4, -0.2) is 36.6 Å². The number of methoxy groups -OCH3 is 1. The van der Waals surface area contributed by atoms with Gasteiger partial charge in [-0.15, -0.1) is 0 Å². The zero-order valence-electron chi connectivity index (χ0n) is 11.2. The number of hydrogen-bond donors (Lipinski definition) is 2. The van der Waals surface area contributed by atoms with Gasteiger partial charge in [-0.2, -0.15) is 11.8 Å². The number of hydrogen-bond acceptors (Lipinski definition) is 3. The molecule has 0 bridgehead atoms. The monoisotopic (exact) mass is 278 g/mol. The number of nitrogens with one attached hydrogen (secondary N) is 2. The molecule has 0 radical (unpaired) electrons. The van der Waals surface area contributed by atoms with Gasteiger partial charge in [-0.3, -0.25) is 4.79 Å². The summed E-state index contributed by atoms with van der Waals surface area (Å²) in [6.45, 7) is 0.656. The first kappa shape index (κ1) is 13.8. The van der Waals surface area contributed by atoms with Crippen molar-refractivity contribution in [1.29, 1.82) is 0 Å². The Morgan fingerprint density at radius 1 is 1.47 bits per heavy atom. The number of carbonyl (C=O) groups is 1. The standard InChI is InChI=1S/C14H18N2O2S/c1-18-11-3-4-13-12(7-11)10(8-16-13)5-6-15-14(17)9-19-2/h3-4,7-8,16H,5-6,9H2,1-2H3,(H,15,17). The van der Waals surface area contributed by atoms with Crippen molar-refractivity contribution in [2.75, 3.05) is 25.7 Å². The predicted molar refractivity (Wildman–Crippen MR) is 79.9 cm³/mol. The fourth-order valence-electron chi connectivity index (χ4n) is 2.01. The average molecular weight is 278 g/mol. The lowest BCUT2D eigenvalue weighted by atomic mass is 10.1. The van der Waals surface area contributed by atoms with E-state index in [1.54, 1.807) is 7.11 Å². The van der Waals surface area contributed by atoms with Gasteiger partial charge in [0.05, 0.1) is 12.9 Å². The molecule has 2 aromatic rings. The fraction of sp³-hybridized carbons (Fsp3) is 0.357. The molecule has 1 aromatic heterocycles. The summed E-state index contributed by atoms with van der Waals surface area (Å²) in [6, 6.07) is 5.96. The van der Waals surface area contributed by atoms with Crippen LogP contribution in [0.25, 0.3) is 10.9 Å². The van der Waals surface area contributed by atoms with E-state index in [9.17, 15) is 4.79 Å². The maximum atomic E-state index is 11.4. The van der Waals surface area contributed by atoms with E-state index in [1.807, 2.05) is 30.7 Å². The Balaban J connectivity index is 2.02. The molecule has 0 fully saturated rings. The number of fused-ring (bicyclic) bond motifs is 1. The first-order valence-corrected chi connectivity index (χ1v) is 7.53. The summed E-state index contributed by atoms with van der Waals surface area (Å²) >= 11 is 1.53. The van der Waals surface area contributed by atoms with E-state index < -0.39 is 0 Å². The molecule has 0 aliphatic carbocycles. The normalized spacial score (nSPS) is 10.6. The Morgan fingerprint density at radius 3 is 3.05 bits per heavy atom. The van der Waals surface area contributed by atoms with E-state index in [4.69, 9.17) is 4.74 Å². The molecule has 0 saturated carbocycles. The third-order valence-corrected chi connectivity index (χ3v) is 3.52. The summed E-state index contributed by atoms with van der Waals surface area (Å²) in [5, 5.41) is 4.06. The Bertz CT molecular complexity index is 566. The molecule has 0 saturated heterocycles. The highest BCUT2D eigenvalue weighted by Gasteiger charge is 2.06. The highest BCUT2D eigenvalue weighted by atomic mass is 32.2. The number of aromatic amines is 1. The predicted octanol–water partition coefficient (Wildman–Crippen LogP) is 2.20. The van der Waals surface area contributed by atoms with Gasteiger partial charge in [0.15, 0.2) is 0 Å². The van der Waals surface area contributed by atoms with E-state index in [2.05, 4.69) is 10.3 Å². The van der Waals surface area contributed by atoms with Crippen molar-refractivity contribution in [2.45, 2.75) is 6.42 Å². The summed E-state index contributed by atoms with van der Waals surface area (Å²) in [6.07, 6.45) is 4.73. The van der Waals surface area contributed by atoms with E-state index in [1.165, 1.54) is 17.3 Å². The van der Waals surface area contributed by atoms with Crippen LogP contribution in [0.15, 0.2) is 24.4 Å². The molecule has 1 aromatic carbocycles. The van der Waals surface area contributed by atoms with Crippen LogP contribution < -0.4 is 10.1 Å². The van der Waals surface area contributed by atoms with Crippen molar-refractivity contribution < 1.29 is 9.53 Å².